The summed E-state index contributed by atoms with van der Waals surface area (Å²) in [5.74, 6) is 0. The van der Waals surface area contributed by atoms with Gasteiger partial charge in [-0.05, 0) is 141 Å². The van der Waals surface area contributed by atoms with Gasteiger partial charge < -0.3 is 9.80 Å². The van der Waals surface area contributed by atoms with Gasteiger partial charge in [-0.3, -0.25) is 0 Å². The van der Waals surface area contributed by atoms with Gasteiger partial charge in [0.1, 0.15) is 0 Å². The molecule has 0 saturated heterocycles. The third-order valence-corrected chi connectivity index (χ3v) is 11.6. The van der Waals surface area contributed by atoms with Gasteiger partial charge in [0.15, 0.2) is 0 Å². The molecule has 0 heterocycles. The average Bonchev–Trinajstić information content (AvgIpc) is 3.43. The lowest BCUT2D eigenvalue weighted by Gasteiger charge is -2.30. The maximum atomic E-state index is 2.48. The van der Waals surface area contributed by atoms with Crippen LogP contribution in [0.5, 0.6) is 0 Å². The molecule has 0 fully saturated rings. The highest BCUT2D eigenvalue weighted by Crippen LogP contribution is 2.56. The van der Waals surface area contributed by atoms with Crippen LogP contribution in [-0.4, -0.2) is 0 Å². The number of anilines is 6. The zero-order valence-electron chi connectivity index (χ0n) is 31.7. The highest BCUT2D eigenvalue weighted by Gasteiger charge is 2.38. The number of nitrogens with zero attached hydrogens (tertiary/aromatic N) is 2. The van der Waals surface area contributed by atoms with Crippen molar-refractivity contribution in [1.82, 2.24) is 0 Å². The van der Waals surface area contributed by atoms with Gasteiger partial charge >= 0.3 is 0 Å². The smallest absolute Gasteiger partial charge is 0.0543 e. The Morgan fingerprint density at radius 2 is 0.855 bits per heavy atom. The minimum Gasteiger partial charge on any atom is -0.310 e. The fraction of sp³-hybridized carbons (Fsp3) is 0.0943. The van der Waals surface area contributed by atoms with E-state index in [1.165, 1.54) is 71.4 Å². The van der Waals surface area contributed by atoms with Crippen LogP contribution in [0.1, 0.15) is 36.1 Å². The first kappa shape index (κ1) is 33.0. The van der Waals surface area contributed by atoms with E-state index in [2.05, 4.69) is 219 Å². The van der Waals surface area contributed by atoms with Gasteiger partial charge in [-0.15, -0.1) is 0 Å². The van der Waals surface area contributed by atoms with Gasteiger partial charge in [0, 0.05) is 39.2 Å². The predicted octanol–water partition coefficient (Wildman–Crippen LogP) is 15.0. The van der Waals surface area contributed by atoms with Crippen molar-refractivity contribution in [3.05, 3.63) is 204 Å². The van der Waals surface area contributed by atoms with E-state index in [-0.39, 0.29) is 5.41 Å². The van der Waals surface area contributed by atoms with Crippen LogP contribution in [0.3, 0.4) is 0 Å². The second-order valence-corrected chi connectivity index (χ2v) is 15.6. The molecule has 9 aromatic carbocycles. The molecule has 0 radical (unpaired) electrons. The molecular weight excluding hydrogens is 665 g/mol. The number of rotatable bonds is 6. The van der Waals surface area contributed by atoms with Gasteiger partial charge in [-0.1, -0.05) is 129 Å². The molecule has 0 unspecified atom stereocenters. The summed E-state index contributed by atoms with van der Waals surface area (Å²) in [6.07, 6.45) is 0. The number of benzene rings is 9. The van der Waals surface area contributed by atoms with E-state index in [1.54, 1.807) is 0 Å². The van der Waals surface area contributed by atoms with E-state index in [0.717, 1.165) is 28.4 Å². The molecule has 1 aliphatic rings. The summed E-state index contributed by atoms with van der Waals surface area (Å²) in [6, 6.07) is 67.3. The maximum Gasteiger partial charge on any atom is 0.0543 e. The summed E-state index contributed by atoms with van der Waals surface area (Å²) < 4.78 is 0. The van der Waals surface area contributed by atoms with Crippen molar-refractivity contribution in [1.29, 1.82) is 0 Å². The third kappa shape index (κ3) is 5.48. The second-order valence-electron chi connectivity index (χ2n) is 15.6. The fourth-order valence-electron chi connectivity index (χ4n) is 8.92. The largest absolute Gasteiger partial charge is 0.310 e. The molecule has 264 valence electrons. The monoisotopic (exact) mass is 706 g/mol. The molecule has 0 spiro atoms. The molecule has 0 bridgehead atoms. The van der Waals surface area contributed by atoms with Crippen LogP contribution in [-0.2, 0) is 5.41 Å². The molecule has 0 atom stereocenters. The van der Waals surface area contributed by atoms with Crippen LogP contribution in [0.25, 0.3) is 43.4 Å². The van der Waals surface area contributed by atoms with Crippen LogP contribution in [0.2, 0.25) is 0 Å². The molecular formula is C53H42N2. The van der Waals surface area contributed by atoms with Crippen molar-refractivity contribution in [2.75, 3.05) is 9.80 Å². The molecule has 0 N–H and O–H groups in total. The van der Waals surface area contributed by atoms with E-state index < -0.39 is 0 Å². The lowest BCUT2D eigenvalue weighted by molar-refractivity contribution is 0.661. The molecule has 10 rings (SSSR count). The van der Waals surface area contributed by atoms with Crippen molar-refractivity contribution >= 4 is 66.4 Å². The van der Waals surface area contributed by atoms with Crippen LogP contribution in [0.4, 0.5) is 34.1 Å². The number of fused-ring (bicyclic) bond motifs is 7. The van der Waals surface area contributed by atoms with Crippen molar-refractivity contribution in [3.8, 4) is 11.1 Å². The Morgan fingerprint density at radius 3 is 1.47 bits per heavy atom. The third-order valence-electron chi connectivity index (χ3n) is 11.6. The molecule has 2 nitrogen and oxygen atoms in total. The molecule has 2 heteroatoms. The van der Waals surface area contributed by atoms with Crippen molar-refractivity contribution < 1.29 is 0 Å². The van der Waals surface area contributed by atoms with Gasteiger partial charge in [-0.25, -0.2) is 0 Å². The molecule has 0 saturated carbocycles. The quantitative estimate of drug-likeness (QED) is 0.170. The zero-order chi connectivity index (χ0) is 37.3. The predicted molar refractivity (Wildman–Crippen MR) is 235 cm³/mol. The number of hydrogen-bond acceptors (Lipinski definition) is 2. The number of aryl methyl sites for hydroxylation is 2. The molecule has 9 aromatic rings. The maximum absolute atomic E-state index is 2.48. The fourth-order valence-corrected chi connectivity index (χ4v) is 8.92. The van der Waals surface area contributed by atoms with Gasteiger partial charge in [-0.2, -0.15) is 0 Å². The highest BCUT2D eigenvalue weighted by molar-refractivity contribution is 6.10. The topological polar surface area (TPSA) is 6.48 Å². The Balaban J connectivity index is 1.18. The molecule has 0 aromatic heterocycles. The minimum atomic E-state index is -0.261. The van der Waals surface area contributed by atoms with Crippen LogP contribution < -0.4 is 9.80 Å². The van der Waals surface area contributed by atoms with Crippen molar-refractivity contribution in [3.63, 3.8) is 0 Å². The molecule has 55 heavy (non-hydrogen) atoms. The Hall–Kier alpha value is -6.64. The Morgan fingerprint density at radius 1 is 0.364 bits per heavy atom. The first-order chi connectivity index (χ1) is 26.8. The van der Waals surface area contributed by atoms with Crippen LogP contribution >= 0.6 is 0 Å². The van der Waals surface area contributed by atoms with Gasteiger partial charge in [0.05, 0.1) is 5.69 Å². The van der Waals surface area contributed by atoms with Gasteiger partial charge in [0.2, 0.25) is 0 Å². The average molecular weight is 707 g/mol. The standard InChI is InChI=1S/C53H42N2/c1-35-13-11-19-41(29-35)54(43-25-23-37-15-5-7-17-39(37)31-43)45-27-28-48-49(33-45)53(3,4)50-34-51(46-21-9-10-22-47(46)52(48)50)55(42-20-12-14-36(2)30-42)44-26-24-38-16-6-8-18-40(38)32-44/h5-34H,1-4H3. The van der Waals surface area contributed by atoms with Crippen LogP contribution in [0.15, 0.2) is 182 Å². The Bertz CT molecular complexity index is 2950. The van der Waals surface area contributed by atoms with E-state index in [4.69, 9.17) is 0 Å². The minimum absolute atomic E-state index is 0.261. The van der Waals surface area contributed by atoms with E-state index in [9.17, 15) is 0 Å². The summed E-state index contributed by atoms with van der Waals surface area (Å²) in [7, 11) is 0. The lowest BCUT2D eigenvalue weighted by atomic mass is 9.81. The molecule has 0 amide bonds. The zero-order valence-corrected chi connectivity index (χ0v) is 31.7. The van der Waals surface area contributed by atoms with E-state index >= 15 is 0 Å². The Labute approximate surface area is 323 Å². The Kier molecular flexibility index (Phi) is 7.64. The van der Waals surface area contributed by atoms with Crippen molar-refractivity contribution in [2.45, 2.75) is 33.1 Å². The number of hydrogen-bond donors (Lipinski definition) is 0. The van der Waals surface area contributed by atoms with E-state index in [0.29, 0.717) is 0 Å². The highest BCUT2D eigenvalue weighted by atomic mass is 15.1. The van der Waals surface area contributed by atoms with Crippen LogP contribution in [0, 0.1) is 13.8 Å². The summed E-state index contributed by atoms with van der Waals surface area (Å²) in [5.41, 5.74) is 14.5. The normalized spacial score (nSPS) is 12.9. The summed E-state index contributed by atoms with van der Waals surface area (Å²) in [4.78, 5) is 4.88. The second kappa shape index (κ2) is 12.7. The lowest BCUT2D eigenvalue weighted by Crippen LogP contribution is -2.18. The first-order valence-corrected chi connectivity index (χ1v) is 19.3. The van der Waals surface area contributed by atoms with Crippen molar-refractivity contribution in [2.24, 2.45) is 0 Å². The van der Waals surface area contributed by atoms with Gasteiger partial charge in [0.25, 0.3) is 0 Å². The SMILES string of the molecule is Cc1cccc(N(c2ccc3c(c2)C(C)(C)c2cc(N(c4cccc(C)c4)c4ccc5ccccc5c4)c4ccccc4c2-3)c2ccc3ccccc3c2)c1. The summed E-state index contributed by atoms with van der Waals surface area (Å²) in [5, 5.41) is 7.46. The summed E-state index contributed by atoms with van der Waals surface area (Å²) >= 11 is 0. The summed E-state index contributed by atoms with van der Waals surface area (Å²) in [6.45, 7) is 9.16. The molecule has 1 aliphatic carbocycles. The molecule has 0 aliphatic heterocycles. The first-order valence-electron chi connectivity index (χ1n) is 19.3. The van der Waals surface area contributed by atoms with E-state index in [1.807, 2.05) is 0 Å².